The molecular formula is C9H7NO. The summed E-state index contributed by atoms with van der Waals surface area (Å²) in [6.07, 6.45) is 4.41. The molecule has 0 N–H and O–H groups in total. The van der Waals surface area contributed by atoms with E-state index in [1.165, 1.54) is 4.57 Å². The van der Waals surface area contributed by atoms with Crippen LogP contribution in [-0.4, -0.2) is 11.0 Å². The Hall–Kier alpha value is -1.57. The standard InChI is InChI=1S/C9H7NO/c11-7-10-5-8-3-1-2-4-9(8)6-10/h1-7H. The van der Waals surface area contributed by atoms with Crippen molar-refractivity contribution in [2.24, 2.45) is 0 Å². The molecule has 11 heavy (non-hydrogen) atoms. The molecule has 0 spiro atoms. The monoisotopic (exact) mass is 145 g/mol. The molecular weight excluding hydrogens is 138 g/mol. The Morgan fingerprint density at radius 1 is 1.09 bits per heavy atom. The summed E-state index contributed by atoms with van der Waals surface area (Å²) in [5.41, 5.74) is 0. The molecule has 0 aliphatic rings. The van der Waals surface area contributed by atoms with Gasteiger partial charge in [0.15, 0.2) is 0 Å². The van der Waals surface area contributed by atoms with Crippen LogP contribution < -0.4 is 0 Å². The molecule has 0 saturated heterocycles. The summed E-state index contributed by atoms with van der Waals surface area (Å²) in [5.74, 6) is 0. The van der Waals surface area contributed by atoms with Crippen molar-refractivity contribution in [3.63, 3.8) is 0 Å². The number of fused-ring (bicyclic) bond motifs is 1. The van der Waals surface area contributed by atoms with E-state index in [1.807, 2.05) is 36.7 Å². The van der Waals surface area contributed by atoms with Gasteiger partial charge in [0.1, 0.15) is 0 Å². The molecule has 2 heteroatoms. The topological polar surface area (TPSA) is 22.0 Å². The van der Waals surface area contributed by atoms with Gasteiger partial charge in [-0.15, -0.1) is 0 Å². The van der Waals surface area contributed by atoms with Crippen molar-refractivity contribution in [3.8, 4) is 0 Å². The Balaban J connectivity index is 2.78. The predicted octanol–water partition coefficient (Wildman–Crippen LogP) is 1.68. The maximum absolute atomic E-state index is 10.3. The highest BCUT2D eigenvalue weighted by Crippen LogP contribution is 2.12. The molecule has 2 aromatic rings. The van der Waals surface area contributed by atoms with Crippen LogP contribution in [0.2, 0.25) is 0 Å². The van der Waals surface area contributed by atoms with Crippen LogP contribution in [0, 0.1) is 0 Å². The van der Waals surface area contributed by atoms with Gasteiger partial charge in [-0.25, -0.2) is 0 Å². The first kappa shape index (κ1) is 6.16. The molecule has 0 aliphatic carbocycles. The Morgan fingerprint density at radius 3 is 2.09 bits per heavy atom. The van der Waals surface area contributed by atoms with E-state index in [0.717, 1.165) is 17.2 Å². The van der Waals surface area contributed by atoms with E-state index in [2.05, 4.69) is 0 Å². The third-order valence-electron chi connectivity index (χ3n) is 1.69. The molecule has 54 valence electrons. The van der Waals surface area contributed by atoms with Crippen LogP contribution in [-0.2, 0) is 4.79 Å². The summed E-state index contributed by atoms with van der Waals surface area (Å²) in [7, 11) is 0. The predicted molar refractivity (Wildman–Crippen MR) is 44.1 cm³/mol. The molecule has 1 heterocycles. The number of carbonyl (C=O) groups excluding carboxylic acids is 1. The Bertz CT molecular complexity index is 356. The molecule has 0 bridgehead atoms. The molecule has 1 aromatic heterocycles. The van der Waals surface area contributed by atoms with Crippen molar-refractivity contribution in [2.45, 2.75) is 0 Å². The minimum Gasteiger partial charge on any atom is -0.296 e. The molecule has 0 fully saturated rings. The highest BCUT2D eigenvalue weighted by Gasteiger charge is 1.93. The maximum Gasteiger partial charge on any atom is 0.217 e. The summed E-state index contributed by atoms with van der Waals surface area (Å²) >= 11 is 0. The number of carbonyl (C=O) groups is 1. The molecule has 0 unspecified atom stereocenters. The second-order valence-electron chi connectivity index (χ2n) is 2.44. The first-order chi connectivity index (χ1) is 5.40. The van der Waals surface area contributed by atoms with Crippen molar-refractivity contribution in [1.82, 2.24) is 4.57 Å². The minimum atomic E-state index is 0.792. The Morgan fingerprint density at radius 2 is 1.64 bits per heavy atom. The second kappa shape index (κ2) is 2.23. The van der Waals surface area contributed by atoms with E-state index in [1.54, 1.807) is 0 Å². The highest BCUT2D eigenvalue weighted by molar-refractivity contribution is 5.84. The van der Waals surface area contributed by atoms with Gasteiger partial charge in [-0.1, -0.05) is 24.3 Å². The van der Waals surface area contributed by atoms with Crippen LogP contribution >= 0.6 is 0 Å². The van der Waals surface area contributed by atoms with Gasteiger partial charge in [0, 0.05) is 12.4 Å². The van der Waals surface area contributed by atoms with Crippen LogP contribution in [0.15, 0.2) is 36.7 Å². The van der Waals surface area contributed by atoms with Gasteiger partial charge in [-0.3, -0.25) is 9.36 Å². The summed E-state index contributed by atoms with van der Waals surface area (Å²) in [6, 6.07) is 7.87. The average molecular weight is 145 g/mol. The zero-order valence-electron chi connectivity index (χ0n) is 5.90. The largest absolute Gasteiger partial charge is 0.296 e. The van der Waals surface area contributed by atoms with Gasteiger partial charge in [0.05, 0.1) is 0 Å². The van der Waals surface area contributed by atoms with Crippen molar-refractivity contribution < 1.29 is 4.79 Å². The molecule has 0 aliphatic heterocycles. The maximum atomic E-state index is 10.3. The fourth-order valence-corrected chi connectivity index (χ4v) is 1.17. The summed E-state index contributed by atoms with van der Waals surface area (Å²) < 4.78 is 1.52. The van der Waals surface area contributed by atoms with Crippen LogP contribution in [0.5, 0.6) is 0 Å². The summed E-state index contributed by atoms with van der Waals surface area (Å²) in [4.78, 5) is 10.3. The van der Waals surface area contributed by atoms with Gasteiger partial charge in [0.2, 0.25) is 6.41 Å². The van der Waals surface area contributed by atoms with E-state index in [-0.39, 0.29) is 0 Å². The van der Waals surface area contributed by atoms with Gasteiger partial charge in [-0.05, 0) is 10.8 Å². The number of hydrogen-bond acceptors (Lipinski definition) is 1. The fraction of sp³-hybridized carbons (Fsp3) is 0. The smallest absolute Gasteiger partial charge is 0.217 e. The normalized spacial score (nSPS) is 10.2. The van der Waals surface area contributed by atoms with Crippen molar-refractivity contribution in [1.29, 1.82) is 0 Å². The van der Waals surface area contributed by atoms with E-state index >= 15 is 0 Å². The zero-order chi connectivity index (χ0) is 7.68. The van der Waals surface area contributed by atoms with Crippen LogP contribution in [0.3, 0.4) is 0 Å². The molecule has 0 amide bonds. The van der Waals surface area contributed by atoms with Crippen LogP contribution in [0.1, 0.15) is 0 Å². The lowest BCUT2D eigenvalue weighted by Crippen LogP contribution is -1.86. The molecule has 1 aromatic carbocycles. The lowest BCUT2D eigenvalue weighted by Gasteiger charge is -1.81. The summed E-state index contributed by atoms with van der Waals surface area (Å²) in [6.45, 7) is 0. The third kappa shape index (κ3) is 0.923. The average Bonchev–Trinajstić information content (AvgIpc) is 2.46. The highest BCUT2D eigenvalue weighted by atomic mass is 16.1. The van der Waals surface area contributed by atoms with E-state index < -0.39 is 0 Å². The number of aromatic nitrogens is 1. The molecule has 0 atom stereocenters. The Kier molecular flexibility index (Phi) is 1.25. The second-order valence-corrected chi connectivity index (χ2v) is 2.44. The van der Waals surface area contributed by atoms with Crippen LogP contribution in [0.4, 0.5) is 0 Å². The van der Waals surface area contributed by atoms with Gasteiger partial charge in [0.25, 0.3) is 0 Å². The molecule has 2 nitrogen and oxygen atoms in total. The van der Waals surface area contributed by atoms with E-state index in [0.29, 0.717) is 0 Å². The van der Waals surface area contributed by atoms with E-state index in [9.17, 15) is 4.79 Å². The van der Waals surface area contributed by atoms with Crippen LogP contribution in [0.25, 0.3) is 10.8 Å². The van der Waals surface area contributed by atoms with Gasteiger partial charge in [-0.2, -0.15) is 0 Å². The zero-order valence-corrected chi connectivity index (χ0v) is 5.90. The SMILES string of the molecule is O=Cn1cc2ccccc2c1. The van der Waals surface area contributed by atoms with Crippen molar-refractivity contribution in [3.05, 3.63) is 36.7 Å². The molecule has 0 saturated carbocycles. The fourth-order valence-electron chi connectivity index (χ4n) is 1.17. The molecule has 0 radical (unpaired) electrons. The van der Waals surface area contributed by atoms with E-state index in [4.69, 9.17) is 0 Å². The number of benzene rings is 1. The van der Waals surface area contributed by atoms with Crippen molar-refractivity contribution >= 4 is 17.2 Å². The third-order valence-corrected chi connectivity index (χ3v) is 1.69. The lowest BCUT2D eigenvalue weighted by atomic mass is 10.2. The number of hydrogen-bond donors (Lipinski definition) is 0. The van der Waals surface area contributed by atoms with Gasteiger partial charge < -0.3 is 0 Å². The first-order valence-electron chi connectivity index (χ1n) is 3.41. The number of rotatable bonds is 1. The van der Waals surface area contributed by atoms with Crippen molar-refractivity contribution in [2.75, 3.05) is 0 Å². The quantitative estimate of drug-likeness (QED) is 0.559. The summed E-state index contributed by atoms with van der Waals surface area (Å²) in [5, 5.41) is 2.19. The minimum absolute atomic E-state index is 0.792. The Labute approximate surface area is 64.1 Å². The van der Waals surface area contributed by atoms with Gasteiger partial charge >= 0.3 is 0 Å². The lowest BCUT2D eigenvalue weighted by molar-refractivity contribution is 0.547. The number of nitrogens with zero attached hydrogens (tertiary/aromatic N) is 1. The first-order valence-corrected chi connectivity index (χ1v) is 3.41. The molecule has 2 rings (SSSR count).